The van der Waals surface area contributed by atoms with Crippen LogP contribution in [0.3, 0.4) is 0 Å². The lowest BCUT2D eigenvalue weighted by molar-refractivity contribution is 0.651. The normalized spacial score (nSPS) is 15.8. The zero-order valence-electron chi connectivity index (χ0n) is 13.5. The highest BCUT2D eigenvalue weighted by Gasteiger charge is 2.25. The smallest absolute Gasteiger partial charge is 0.262 e. The monoisotopic (exact) mass is 344 g/mol. The highest BCUT2D eigenvalue weighted by molar-refractivity contribution is 6.31. The van der Waals surface area contributed by atoms with E-state index in [4.69, 9.17) is 17.3 Å². The Bertz CT molecular complexity index is 953. The van der Waals surface area contributed by atoms with E-state index in [2.05, 4.69) is 10.2 Å². The molecule has 4 rings (SSSR count). The standard InChI is InChI=1S/C18H21ClN4O/c19-12-6-7-14-13(10-12)17-15(18(24)23(14)9-3-8-20)16(21-22-17)11-4-1-2-5-11/h6-7,10-11H,1-5,8-9,20H2,(H,21,22). The van der Waals surface area contributed by atoms with E-state index in [1.165, 1.54) is 12.8 Å². The number of aromatic amines is 1. The molecule has 0 unspecified atom stereocenters. The lowest BCUT2D eigenvalue weighted by Crippen LogP contribution is -2.23. The molecule has 6 heteroatoms. The van der Waals surface area contributed by atoms with Crippen molar-refractivity contribution in [3.05, 3.63) is 39.3 Å². The highest BCUT2D eigenvalue weighted by atomic mass is 35.5. The van der Waals surface area contributed by atoms with Gasteiger partial charge in [0.2, 0.25) is 0 Å². The van der Waals surface area contributed by atoms with E-state index in [9.17, 15) is 4.79 Å². The van der Waals surface area contributed by atoms with Crippen LogP contribution >= 0.6 is 11.6 Å². The summed E-state index contributed by atoms with van der Waals surface area (Å²) in [5, 5.41) is 9.96. The molecule has 2 heterocycles. The van der Waals surface area contributed by atoms with Crippen molar-refractivity contribution in [2.45, 2.75) is 44.6 Å². The molecule has 126 valence electrons. The average Bonchev–Trinajstić information content (AvgIpc) is 3.24. The predicted molar refractivity (Wildman–Crippen MR) is 97.8 cm³/mol. The van der Waals surface area contributed by atoms with Crippen molar-refractivity contribution in [3.8, 4) is 0 Å². The number of aryl methyl sites for hydroxylation is 1. The molecular formula is C18H21ClN4O. The maximum Gasteiger partial charge on any atom is 0.262 e. The summed E-state index contributed by atoms with van der Waals surface area (Å²) in [4.78, 5) is 13.2. The summed E-state index contributed by atoms with van der Waals surface area (Å²) < 4.78 is 1.83. The Morgan fingerprint density at radius 2 is 2.12 bits per heavy atom. The molecule has 0 radical (unpaired) electrons. The van der Waals surface area contributed by atoms with E-state index < -0.39 is 0 Å². The second-order valence-electron chi connectivity index (χ2n) is 6.60. The lowest BCUT2D eigenvalue weighted by Gasteiger charge is -2.12. The van der Waals surface area contributed by atoms with E-state index in [1.807, 2.05) is 22.8 Å². The number of nitrogens with two attached hydrogens (primary N) is 1. The van der Waals surface area contributed by atoms with Crippen LogP contribution < -0.4 is 11.3 Å². The number of fused-ring (bicyclic) bond motifs is 3. The van der Waals surface area contributed by atoms with Crippen LogP contribution in [-0.2, 0) is 6.54 Å². The van der Waals surface area contributed by atoms with Crippen LogP contribution in [0.25, 0.3) is 21.8 Å². The maximum atomic E-state index is 13.2. The Hall–Kier alpha value is -1.85. The lowest BCUT2D eigenvalue weighted by atomic mass is 10.00. The van der Waals surface area contributed by atoms with Crippen LogP contribution in [-0.4, -0.2) is 21.3 Å². The van der Waals surface area contributed by atoms with Crippen LogP contribution in [0.1, 0.15) is 43.7 Å². The van der Waals surface area contributed by atoms with E-state index >= 15 is 0 Å². The zero-order chi connectivity index (χ0) is 16.7. The minimum atomic E-state index is 0.0314. The number of benzene rings is 1. The van der Waals surface area contributed by atoms with Gasteiger partial charge in [0.1, 0.15) is 5.52 Å². The first-order valence-corrected chi connectivity index (χ1v) is 8.98. The summed E-state index contributed by atoms with van der Waals surface area (Å²) in [6.07, 6.45) is 5.43. The van der Waals surface area contributed by atoms with Gasteiger partial charge in [-0.2, -0.15) is 5.10 Å². The molecule has 0 spiro atoms. The topological polar surface area (TPSA) is 76.7 Å². The molecule has 0 aliphatic heterocycles. The van der Waals surface area contributed by atoms with Crippen molar-refractivity contribution < 1.29 is 0 Å². The van der Waals surface area contributed by atoms with E-state index in [1.54, 1.807) is 0 Å². The molecule has 1 aromatic carbocycles. The van der Waals surface area contributed by atoms with Gasteiger partial charge in [0.25, 0.3) is 5.56 Å². The minimum Gasteiger partial charge on any atom is -0.330 e. The third-order valence-corrected chi connectivity index (χ3v) is 5.34. The number of nitrogens with one attached hydrogen (secondary N) is 1. The number of H-pyrrole nitrogens is 1. The molecule has 1 aliphatic rings. The minimum absolute atomic E-state index is 0.0314. The molecule has 5 nitrogen and oxygen atoms in total. The number of hydrogen-bond acceptors (Lipinski definition) is 3. The number of halogens is 1. The molecule has 0 amide bonds. The molecule has 3 N–H and O–H groups in total. The summed E-state index contributed by atoms with van der Waals surface area (Å²) in [7, 11) is 0. The van der Waals surface area contributed by atoms with Crippen molar-refractivity contribution in [1.29, 1.82) is 0 Å². The number of hydrogen-bond donors (Lipinski definition) is 2. The van der Waals surface area contributed by atoms with Gasteiger partial charge in [-0.05, 0) is 44.0 Å². The van der Waals surface area contributed by atoms with Gasteiger partial charge in [0, 0.05) is 22.9 Å². The molecule has 1 saturated carbocycles. The van der Waals surface area contributed by atoms with Crippen LogP contribution in [0.5, 0.6) is 0 Å². The summed E-state index contributed by atoms with van der Waals surface area (Å²) in [6.45, 7) is 1.17. The Balaban J connectivity index is 2.04. The SMILES string of the molecule is NCCCn1c(=O)c2c(C3CCCC3)[nH]nc2c2cc(Cl)ccc21. The summed E-state index contributed by atoms with van der Waals surface area (Å²) in [5.74, 6) is 0.405. The molecule has 0 atom stereocenters. The Morgan fingerprint density at radius 1 is 1.33 bits per heavy atom. The molecule has 24 heavy (non-hydrogen) atoms. The highest BCUT2D eigenvalue weighted by Crippen LogP contribution is 2.37. The second-order valence-corrected chi connectivity index (χ2v) is 7.04. The van der Waals surface area contributed by atoms with Gasteiger partial charge in [0.05, 0.1) is 16.6 Å². The third kappa shape index (κ3) is 2.43. The van der Waals surface area contributed by atoms with Gasteiger partial charge in [-0.1, -0.05) is 24.4 Å². The third-order valence-electron chi connectivity index (χ3n) is 5.11. The first-order valence-electron chi connectivity index (χ1n) is 8.61. The number of rotatable bonds is 4. The van der Waals surface area contributed by atoms with Gasteiger partial charge in [0.15, 0.2) is 0 Å². The molecule has 0 bridgehead atoms. The van der Waals surface area contributed by atoms with Crippen LogP contribution in [0, 0.1) is 0 Å². The van der Waals surface area contributed by atoms with Crippen molar-refractivity contribution in [2.24, 2.45) is 5.73 Å². The van der Waals surface area contributed by atoms with Crippen LogP contribution in [0.15, 0.2) is 23.0 Å². The Labute approximate surface area is 144 Å². The maximum absolute atomic E-state index is 13.2. The van der Waals surface area contributed by atoms with E-state index in [0.717, 1.165) is 46.8 Å². The van der Waals surface area contributed by atoms with Gasteiger partial charge < -0.3 is 10.3 Å². The van der Waals surface area contributed by atoms with Gasteiger partial charge >= 0.3 is 0 Å². The van der Waals surface area contributed by atoms with E-state index in [-0.39, 0.29) is 5.56 Å². The first-order chi connectivity index (χ1) is 11.7. The largest absolute Gasteiger partial charge is 0.330 e. The zero-order valence-corrected chi connectivity index (χ0v) is 14.3. The van der Waals surface area contributed by atoms with Crippen molar-refractivity contribution in [3.63, 3.8) is 0 Å². The fraction of sp³-hybridized carbons (Fsp3) is 0.444. The first kappa shape index (κ1) is 15.7. The Morgan fingerprint density at radius 3 is 2.88 bits per heavy atom. The van der Waals surface area contributed by atoms with Gasteiger partial charge in [-0.15, -0.1) is 0 Å². The second kappa shape index (κ2) is 6.22. The van der Waals surface area contributed by atoms with E-state index in [0.29, 0.717) is 24.0 Å². The number of nitrogens with zero attached hydrogens (tertiary/aromatic N) is 2. The number of aromatic nitrogens is 3. The number of pyridine rings is 1. The van der Waals surface area contributed by atoms with Gasteiger partial charge in [-0.25, -0.2) is 0 Å². The Kier molecular flexibility index (Phi) is 4.06. The van der Waals surface area contributed by atoms with Crippen LogP contribution in [0.4, 0.5) is 0 Å². The fourth-order valence-corrected chi connectivity index (χ4v) is 4.10. The van der Waals surface area contributed by atoms with Crippen molar-refractivity contribution >= 4 is 33.4 Å². The molecule has 1 aliphatic carbocycles. The quantitative estimate of drug-likeness (QED) is 0.760. The fourth-order valence-electron chi connectivity index (χ4n) is 3.93. The molecule has 1 fully saturated rings. The van der Waals surface area contributed by atoms with Crippen molar-refractivity contribution in [1.82, 2.24) is 14.8 Å². The summed E-state index contributed by atoms with van der Waals surface area (Å²) in [5.41, 5.74) is 8.30. The summed E-state index contributed by atoms with van der Waals surface area (Å²) >= 11 is 6.20. The summed E-state index contributed by atoms with van der Waals surface area (Å²) in [6, 6.07) is 5.62. The molecule has 2 aromatic heterocycles. The average molecular weight is 345 g/mol. The van der Waals surface area contributed by atoms with Crippen LogP contribution in [0.2, 0.25) is 5.02 Å². The predicted octanol–water partition coefficient (Wildman–Crippen LogP) is 3.54. The van der Waals surface area contributed by atoms with Gasteiger partial charge in [-0.3, -0.25) is 9.89 Å². The molecule has 0 saturated heterocycles. The van der Waals surface area contributed by atoms with Crippen molar-refractivity contribution in [2.75, 3.05) is 6.54 Å². The molecule has 3 aromatic rings. The molecular weight excluding hydrogens is 324 g/mol.